The number of phenolic OH excluding ortho intramolecular Hbond substituents is 2. The van der Waals surface area contributed by atoms with Crippen molar-refractivity contribution >= 4 is 0 Å². The van der Waals surface area contributed by atoms with Crippen LogP contribution in [0.2, 0.25) is 0 Å². The fraction of sp³-hybridized carbons (Fsp3) is 0.647. The molecule has 0 saturated carbocycles. The smallest absolute Gasteiger partial charge is 0.161 e. The molecule has 0 heterocycles. The zero-order chi connectivity index (χ0) is 14.7. The molecule has 0 bridgehead atoms. The highest BCUT2D eigenvalue weighted by Gasteiger charge is 2.19. The molecule has 0 atom stereocenters. The molecule has 0 aliphatic heterocycles. The highest BCUT2D eigenvalue weighted by atomic mass is 16.3. The Morgan fingerprint density at radius 2 is 1.37 bits per heavy atom. The molecule has 1 aromatic rings. The molecule has 2 nitrogen and oxygen atoms in total. The van der Waals surface area contributed by atoms with Gasteiger partial charge in [-0.3, -0.25) is 0 Å². The third-order valence-electron chi connectivity index (χ3n) is 3.36. The molecule has 0 saturated heterocycles. The molecule has 0 spiro atoms. The van der Waals surface area contributed by atoms with Gasteiger partial charge in [-0.05, 0) is 41.7 Å². The summed E-state index contributed by atoms with van der Waals surface area (Å²) >= 11 is 0. The van der Waals surface area contributed by atoms with E-state index in [9.17, 15) is 10.2 Å². The van der Waals surface area contributed by atoms with Crippen LogP contribution in [-0.2, 0) is 12.8 Å². The van der Waals surface area contributed by atoms with Crippen molar-refractivity contribution in [2.75, 3.05) is 0 Å². The first kappa shape index (κ1) is 15.9. The molecule has 2 heteroatoms. The molecule has 1 rings (SSSR count). The molecule has 2 N–H and O–H groups in total. The van der Waals surface area contributed by atoms with Crippen LogP contribution in [0.4, 0.5) is 0 Å². The summed E-state index contributed by atoms with van der Waals surface area (Å²) in [5.41, 5.74) is 2.94. The van der Waals surface area contributed by atoms with E-state index in [1.54, 1.807) is 0 Å². The van der Waals surface area contributed by atoms with E-state index < -0.39 is 0 Å². The summed E-state index contributed by atoms with van der Waals surface area (Å²) in [6.07, 6.45) is 1.59. The van der Waals surface area contributed by atoms with Gasteiger partial charge in [0.1, 0.15) is 0 Å². The van der Waals surface area contributed by atoms with Crippen LogP contribution in [0.1, 0.15) is 64.2 Å². The van der Waals surface area contributed by atoms with Crippen LogP contribution in [0.5, 0.6) is 11.5 Å². The van der Waals surface area contributed by atoms with Crippen molar-refractivity contribution in [3.8, 4) is 11.5 Å². The van der Waals surface area contributed by atoms with Crippen LogP contribution in [0.15, 0.2) is 6.07 Å². The molecule has 0 unspecified atom stereocenters. The van der Waals surface area contributed by atoms with E-state index in [1.807, 2.05) is 0 Å². The second-order valence-electron chi connectivity index (χ2n) is 6.65. The summed E-state index contributed by atoms with van der Waals surface area (Å²) in [5.74, 6) is 1.44. The molecular formula is C17H28O2. The van der Waals surface area contributed by atoms with Crippen molar-refractivity contribution in [1.29, 1.82) is 0 Å². The minimum Gasteiger partial charge on any atom is -0.504 e. The minimum atomic E-state index is 0.0775. The van der Waals surface area contributed by atoms with Gasteiger partial charge in [-0.2, -0.15) is 0 Å². The first-order valence-electron chi connectivity index (χ1n) is 7.30. The lowest BCUT2D eigenvalue weighted by atomic mass is 9.87. The van der Waals surface area contributed by atoms with E-state index in [0.717, 1.165) is 24.0 Å². The van der Waals surface area contributed by atoms with Crippen LogP contribution >= 0.6 is 0 Å². The summed E-state index contributed by atoms with van der Waals surface area (Å²) in [6.45, 7) is 12.8. The summed E-state index contributed by atoms with van der Waals surface area (Å²) in [7, 11) is 0. The van der Waals surface area contributed by atoms with Gasteiger partial charge in [-0.1, -0.05) is 47.6 Å². The Bertz CT molecular complexity index is 431. The fourth-order valence-corrected chi connectivity index (χ4v) is 2.51. The van der Waals surface area contributed by atoms with Gasteiger partial charge in [0.15, 0.2) is 11.5 Å². The van der Waals surface area contributed by atoms with Gasteiger partial charge in [0.2, 0.25) is 0 Å². The molecule has 0 amide bonds. The standard InChI is InChI=1S/C17H28O2/c1-10(2)7-13-9-14(12(5)6)15(8-11(3)4)17(19)16(13)18/h9-12,18-19H,7-8H2,1-6H3. The molecule has 0 aliphatic rings. The van der Waals surface area contributed by atoms with E-state index >= 15 is 0 Å². The van der Waals surface area contributed by atoms with E-state index in [0.29, 0.717) is 17.8 Å². The van der Waals surface area contributed by atoms with Gasteiger partial charge >= 0.3 is 0 Å². The lowest BCUT2D eigenvalue weighted by Crippen LogP contribution is -2.05. The summed E-state index contributed by atoms with van der Waals surface area (Å²) in [5, 5.41) is 20.5. The van der Waals surface area contributed by atoms with E-state index in [-0.39, 0.29) is 11.5 Å². The number of benzene rings is 1. The first-order valence-corrected chi connectivity index (χ1v) is 7.30. The van der Waals surface area contributed by atoms with E-state index in [2.05, 4.69) is 47.6 Å². The van der Waals surface area contributed by atoms with Crippen LogP contribution in [0.3, 0.4) is 0 Å². The van der Waals surface area contributed by atoms with E-state index in [1.165, 1.54) is 5.56 Å². The largest absolute Gasteiger partial charge is 0.504 e. The molecule has 0 aromatic heterocycles. The topological polar surface area (TPSA) is 40.5 Å². The number of hydrogen-bond acceptors (Lipinski definition) is 2. The third-order valence-corrected chi connectivity index (χ3v) is 3.36. The summed E-state index contributed by atoms with van der Waals surface area (Å²) < 4.78 is 0. The minimum absolute atomic E-state index is 0.0775. The lowest BCUT2D eigenvalue weighted by molar-refractivity contribution is 0.389. The zero-order valence-corrected chi connectivity index (χ0v) is 13.1. The van der Waals surface area contributed by atoms with Gasteiger partial charge in [0.25, 0.3) is 0 Å². The monoisotopic (exact) mass is 264 g/mol. The normalized spacial score (nSPS) is 11.8. The number of rotatable bonds is 5. The van der Waals surface area contributed by atoms with Crippen molar-refractivity contribution in [2.24, 2.45) is 11.8 Å². The van der Waals surface area contributed by atoms with Gasteiger partial charge in [-0.25, -0.2) is 0 Å². The number of aromatic hydroxyl groups is 2. The predicted molar refractivity (Wildman–Crippen MR) is 80.9 cm³/mol. The maximum Gasteiger partial charge on any atom is 0.161 e. The third kappa shape index (κ3) is 3.89. The quantitative estimate of drug-likeness (QED) is 0.762. The van der Waals surface area contributed by atoms with Gasteiger partial charge < -0.3 is 10.2 Å². The summed E-state index contributed by atoms with van der Waals surface area (Å²) in [6, 6.07) is 2.08. The van der Waals surface area contributed by atoms with Gasteiger partial charge in [0, 0.05) is 5.56 Å². The first-order chi connectivity index (χ1) is 8.73. The fourth-order valence-electron chi connectivity index (χ4n) is 2.51. The van der Waals surface area contributed by atoms with Crippen molar-refractivity contribution in [1.82, 2.24) is 0 Å². The SMILES string of the molecule is CC(C)Cc1cc(C(C)C)c(CC(C)C)c(O)c1O. The summed E-state index contributed by atoms with van der Waals surface area (Å²) in [4.78, 5) is 0. The van der Waals surface area contributed by atoms with Gasteiger partial charge in [-0.15, -0.1) is 0 Å². The average Bonchev–Trinajstić information content (AvgIpc) is 2.27. The average molecular weight is 264 g/mol. The zero-order valence-electron chi connectivity index (χ0n) is 13.1. The Morgan fingerprint density at radius 3 is 1.79 bits per heavy atom. The van der Waals surface area contributed by atoms with Crippen LogP contribution in [0.25, 0.3) is 0 Å². The lowest BCUT2D eigenvalue weighted by Gasteiger charge is -2.20. The molecular weight excluding hydrogens is 236 g/mol. The molecule has 0 fully saturated rings. The Labute approximate surface area is 117 Å². The van der Waals surface area contributed by atoms with Crippen molar-refractivity contribution in [3.63, 3.8) is 0 Å². The Balaban J connectivity index is 3.35. The van der Waals surface area contributed by atoms with Gasteiger partial charge in [0.05, 0.1) is 0 Å². The molecule has 1 aromatic carbocycles. The van der Waals surface area contributed by atoms with Crippen LogP contribution < -0.4 is 0 Å². The Hall–Kier alpha value is -1.18. The Morgan fingerprint density at radius 1 is 0.842 bits per heavy atom. The van der Waals surface area contributed by atoms with Crippen molar-refractivity contribution < 1.29 is 10.2 Å². The van der Waals surface area contributed by atoms with Crippen LogP contribution in [0, 0.1) is 11.8 Å². The van der Waals surface area contributed by atoms with Crippen molar-refractivity contribution in [2.45, 2.75) is 60.3 Å². The molecule has 19 heavy (non-hydrogen) atoms. The Kier molecular flexibility index (Phi) is 5.28. The van der Waals surface area contributed by atoms with Crippen molar-refractivity contribution in [3.05, 3.63) is 22.8 Å². The highest BCUT2D eigenvalue weighted by molar-refractivity contribution is 5.55. The number of hydrogen-bond donors (Lipinski definition) is 2. The molecule has 108 valence electrons. The highest BCUT2D eigenvalue weighted by Crippen LogP contribution is 2.40. The van der Waals surface area contributed by atoms with E-state index in [4.69, 9.17) is 0 Å². The number of phenols is 2. The van der Waals surface area contributed by atoms with Crippen LogP contribution in [-0.4, -0.2) is 10.2 Å². The predicted octanol–water partition coefficient (Wildman–Crippen LogP) is 4.62. The maximum atomic E-state index is 10.3. The second-order valence-corrected chi connectivity index (χ2v) is 6.65. The molecule has 0 aliphatic carbocycles. The molecule has 0 radical (unpaired) electrons. The maximum absolute atomic E-state index is 10.3. The second kappa shape index (κ2) is 6.31.